The zero-order valence-corrected chi connectivity index (χ0v) is 7.46. The van der Waals surface area contributed by atoms with Crippen molar-refractivity contribution in [1.82, 2.24) is 5.32 Å². The summed E-state index contributed by atoms with van der Waals surface area (Å²) in [5.41, 5.74) is 1.34. The minimum Gasteiger partial charge on any atom is -0.309 e. The number of allylic oxidation sites excluding steroid dienone is 1. The summed E-state index contributed by atoms with van der Waals surface area (Å²) < 4.78 is 0. The van der Waals surface area contributed by atoms with E-state index in [-0.39, 0.29) is 0 Å². The first-order chi connectivity index (χ1) is 5.93. The first kappa shape index (κ1) is 9.01. The Bertz CT molecular complexity index is 226. The van der Waals surface area contributed by atoms with Gasteiger partial charge in [0.25, 0.3) is 0 Å². The average molecular weight is 161 g/mol. The number of rotatable bonds is 4. The largest absolute Gasteiger partial charge is 0.309 e. The Hall–Kier alpha value is -1.08. The lowest BCUT2D eigenvalue weighted by atomic mass is 10.2. The quantitative estimate of drug-likeness (QED) is 0.528. The molecule has 0 aromatic heterocycles. The van der Waals surface area contributed by atoms with Gasteiger partial charge in [0.15, 0.2) is 0 Å². The van der Waals surface area contributed by atoms with Gasteiger partial charge in [-0.2, -0.15) is 0 Å². The van der Waals surface area contributed by atoms with Gasteiger partial charge in [-0.1, -0.05) is 42.5 Å². The van der Waals surface area contributed by atoms with Gasteiger partial charge in [-0.15, -0.1) is 0 Å². The Kier molecular flexibility index (Phi) is 4.17. The van der Waals surface area contributed by atoms with Crippen LogP contribution in [0.2, 0.25) is 0 Å². The van der Waals surface area contributed by atoms with Crippen molar-refractivity contribution in [3.05, 3.63) is 48.0 Å². The van der Waals surface area contributed by atoms with Crippen molar-refractivity contribution in [3.63, 3.8) is 0 Å². The summed E-state index contributed by atoms with van der Waals surface area (Å²) in [6.45, 7) is 3.93. The molecule has 0 aliphatic heterocycles. The van der Waals surface area contributed by atoms with E-state index in [4.69, 9.17) is 0 Å². The molecule has 0 fully saturated rings. The summed E-state index contributed by atoms with van der Waals surface area (Å²) in [5.74, 6) is 0. The Morgan fingerprint density at radius 3 is 2.67 bits per heavy atom. The van der Waals surface area contributed by atoms with Crippen molar-refractivity contribution in [3.8, 4) is 0 Å². The molecular formula is C11H15N. The van der Waals surface area contributed by atoms with Gasteiger partial charge in [-0.3, -0.25) is 0 Å². The molecular weight excluding hydrogens is 146 g/mol. The first-order valence-electron chi connectivity index (χ1n) is 4.29. The van der Waals surface area contributed by atoms with Crippen LogP contribution in [0.1, 0.15) is 12.5 Å². The third-order valence-electron chi connectivity index (χ3n) is 1.67. The van der Waals surface area contributed by atoms with Crippen LogP contribution < -0.4 is 5.32 Å². The van der Waals surface area contributed by atoms with Crippen molar-refractivity contribution in [2.24, 2.45) is 0 Å². The van der Waals surface area contributed by atoms with Crippen molar-refractivity contribution >= 4 is 0 Å². The van der Waals surface area contributed by atoms with E-state index in [1.165, 1.54) is 5.56 Å². The fourth-order valence-corrected chi connectivity index (χ4v) is 1.01. The molecule has 1 rings (SSSR count). The molecule has 1 aromatic rings. The Morgan fingerprint density at radius 1 is 1.25 bits per heavy atom. The number of nitrogens with one attached hydrogen (secondary N) is 1. The standard InChI is InChI=1S/C11H15N/c1-2-3-9-12-10-11-7-5-4-6-8-11/h2-8,12H,9-10H2,1H3/b3-2+. The molecule has 0 amide bonds. The second-order valence-electron chi connectivity index (χ2n) is 2.69. The molecule has 0 saturated carbocycles. The van der Waals surface area contributed by atoms with Gasteiger partial charge >= 0.3 is 0 Å². The van der Waals surface area contributed by atoms with Gasteiger partial charge in [0, 0.05) is 13.1 Å². The van der Waals surface area contributed by atoms with Crippen molar-refractivity contribution in [2.45, 2.75) is 13.5 Å². The fraction of sp³-hybridized carbons (Fsp3) is 0.273. The maximum atomic E-state index is 3.32. The smallest absolute Gasteiger partial charge is 0.0208 e. The van der Waals surface area contributed by atoms with Crippen LogP contribution >= 0.6 is 0 Å². The van der Waals surface area contributed by atoms with Crippen LogP contribution in [0, 0.1) is 0 Å². The Labute approximate surface area is 74.1 Å². The van der Waals surface area contributed by atoms with Gasteiger partial charge in [-0.05, 0) is 12.5 Å². The SMILES string of the molecule is C/C=C/CNCc1ccccc1. The summed E-state index contributed by atoms with van der Waals surface area (Å²) in [6.07, 6.45) is 4.17. The molecule has 0 atom stereocenters. The molecule has 12 heavy (non-hydrogen) atoms. The first-order valence-corrected chi connectivity index (χ1v) is 4.29. The molecule has 0 saturated heterocycles. The van der Waals surface area contributed by atoms with Crippen LogP contribution in [0.5, 0.6) is 0 Å². The Balaban J connectivity index is 2.24. The predicted molar refractivity (Wildman–Crippen MR) is 53.0 cm³/mol. The molecule has 1 aromatic carbocycles. The lowest BCUT2D eigenvalue weighted by Crippen LogP contribution is -2.12. The fourth-order valence-electron chi connectivity index (χ4n) is 1.01. The van der Waals surface area contributed by atoms with E-state index in [9.17, 15) is 0 Å². The molecule has 0 radical (unpaired) electrons. The van der Waals surface area contributed by atoms with E-state index in [0.717, 1.165) is 13.1 Å². The van der Waals surface area contributed by atoms with E-state index in [1.807, 2.05) is 13.0 Å². The van der Waals surface area contributed by atoms with Crippen LogP contribution in [0.4, 0.5) is 0 Å². The number of hydrogen-bond acceptors (Lipinski definition) is 1. The minimum atomic E-state index is 0.950. The maximum absolute atomic E-state index is 3.32. The third kappa shape index (κ3) is 3.35. The van der Waals surface area contributed by atoms with Crippen LogP contribution in [0.25, 0.3) is 0 Å². The topological polar surface area (TPSA) is 12.0 Å². The van der Waals surface area contributed by atoms with Crippen molar-refractivity contribution < 1.29 is 0 Å². The van der Waals surface area contributed by atoms with Crippen LogP contribution in [-0.4, -0.2) is 6.54 Å². The highest BCUT2D eigenvalue weighted by molar-refractivity contribution is 5.14. The van der Waals surface area contributed by atoms with E-state index in [2.05, 4.69) is 41.7 Å². The summed E-state index contributed by atoms with van der Waals surface area (Å²) in [4.78, 5) is 0. The third-order valence-corrected chi connectivity index (χ3v) is 1.67. The maximum Gasteiger partial charge on any atom is 0.0208 e. The van der Waals surface area contributed by atoms with Crippen LogP contribution in [-0.2, 0) is 6.54 Å². The van der Waals surface area contributed by atoms with Crippen LogP contribution in [0.3, 0.4) is 0 Å². The minimum absolute atomic E-state index is 0.950. The van der Waals surface area contributed by atoms with E-state index in [1.54, 1.807) is 0 Å². The van der Waals surface area contributed by atoms with Gasteiger partial charge in [0.1, 0.15) is 0 Å². The normalized spacial score (nSPS) is 10.8. The summed E-state index contributed by atoms with van der Waals surface area (Å²) in [5, 5.41) is 3.32. The average Bonchev–Trinajstić information content (AvgIpc) is 2.14. The zero-order chi connectivity index (χ0) is 8.65. The lowest BCUT2D eigenvalue weighted by molar-refractivity contribution is 0.759. The summed E-state index contributed by atoms with van der Waals surface area (Å²) >= 11 is 0. The van der Waals surface area contributed by atoms with Crippen molar-refractivity contribution in [1.29, 1.82) is 0 Å². The van der Waals surface area contributed by atoms with E-state index >= 15 is 0 Å². The van der Waals surface area contributed by atoms with E-state index in [0.29, 0.717) is 0 Å². The van der Waals surface area contributed by atoms with E-state index < -0.39 is 0 Å². The highest BCUT2D eigenvalue weighted by atomic mass is 14.8. The zero-order valence-electron chi connectivity index (χ0n) is 7.46. The molecule has 1 heteroatoms. The molecule has 0 aliphatic carbocycles. The van der Waals surface area contributed by atoms with Gasteiger partial charge in [0.05, 0.1) is 0 Å². The Morgan fingerprint density at radius 2 is 2.00 bits per heavy atom. The molecule has 0 unspecified atom stereocenters. The second-order valence-corrected chi connectivity index (χ2v) is 2.69. The van der Waals surface area contributed by atoms with Gasteiger partial charge in [0.2, 0.25) is 0 Å². The summed E-state index contributed by atoms with van der Waals surface area (Å²) in [6, 6.07) is 10.4. The summed E-state index contributed by atoms with van der Waals surface area (Å²) in [7, 11) is 0. The molecule has 64 valence electrons. The van der Waals surface area contributed by atoms with Crippen molar-refractivity contribution in [2.75, 3.05) is 6.54 Å². The molecule has 1 N–H and O–H groups in total. The highest BCUT2D eigenvalue weighted by Crippen LogP contribution is 1.96. The second kappa shape index (κ2) is 5.56. The molecule has 0 bridgehead atoms. The molecule has 1 nitrogen and oxygen atoms in total. The predicted octanol–water partition coefficient (Wildman–Crippen LogP) is 2.35. The molecule has 0 spiro atoms. The lowest BCUT2D eigenvalue weighted by Gasteiger charge is -2.00. The van der Waals surface area contributed by atoms with Gasteiger partial charge in [-0.25, -0.2) is 0 Å². The van der Waals surface area contributed by atoms with Crippen LogP contribution in [0.15, 0.2) is 42.5 Å². The highest BCUT2D eigenvalue weighted by Gasteiger charge is 1.86. The molecule has 0 heterocycles. The number of hydrogen-bond donors (Lipinski definition) is 1. The van der Waals surface area contributed by atoms with Gasteiger partial charge < -0.3 is 5.32 Å². The molecule has 0 aliphatic rings. The number of benzene rings is 1. The monoisotopic (exact) mass is 161 g/mol.